The molecule has 146 valence electrons. The van der Waals surface area contributed by atoms with Crippen molar-refractivity contribution in [3.05, 3.63) is 29.8 Å². The maximum atomic E-state index is 12.2. The van der Waals surface area contributed by atoms with E-state index < -0.39 is 11.9 Å². The SMILES string of the molecule is COC(=O)CNC(=O)c1cccc(NC(=O)CN2CCN(C(=N)N)CC2)c1. The minimum Gasteiger partial charge on any atom is -0.468 e. The van der Waals surface area contributed by atoms with E-state index in [0.717, 1.165) is 0 Å². The number of benzene rings is 1. The molecule has 1 aromatic rings. The van der Waals surface area contributed by atoms with E-state index in [2.05, 4.69) is 15.4 Å². The van der Waals surface area contributed by atoms with Crippen molar-refractivity contribution in [1.29, 1.82) is 5.41 Å². The van der Waals surface area contributed by atoms with Gasteiger partial charge in [-0.25, -0.2) is 0 Å². The summed E-state index contributed by atoms with van der Waals surface area (Å²) in [6.07, 6.45) is 0. The predicted molar refractivity (Wildman–Crippen MR) is 99.3 cm³/mol. The van der Waals surface area contributed by atoms with Crippen LogP contribution in [0.1, 0.15) is 10.4 Å². The Bertz CT molecular complexity index is 715. The predicted octanol–water partition coefficient (Wildman–Crippen LogP) is -0.961. The molecule has 2 rings (SSSR count). The molecule has 0 unspecified atom stereocenters. The van der Waals surface area contributed by atoms with Crippen molar-refractivity contribution in [3.63, 3.8) is 0 Å². The number of amides is 2. The monoisotopic (exact) mass is 376 g/mol. The Hall–Kier alpha value is -3.14. The maximum Gasteiger partial charge on any atom is 0.325 e. The fourth-order valence-electron chi connectivity index (χ4n) is 2.62. The standard InChI is InChI=1S/C17H24N6O4/c1-27-15(25)10-20-16(26)12-3-2-4-13(9-12)21-14(24)11-22-5-7-23(8-6-22)17(18)19/h2-4,9H,5-8,10-11H2,1H3,(H3,18,19)(H,20,26)(H,21,24). The van der Waals surface area contributed by atoms with Gasteiger partial charge in [-0.05, 0) is 18.2 Å². The van der Waals surface area contributed by atoms with Crippen LogP contribution in [0.4, 0.5) is 5.69 Å². The minimum atomic E-state index is -0.544. The largest absolute Gasteiger partial charge is 0.468 e. The number of rotatable bonds is 6. The lowest BCUT2D eigenvalue weighted by atomic mass is 10.2. The topological polar surface area (TPSA) is 141 Å². The zero-order chi connectivity index (χ0) is 19.8. The molecule has 1 fully saturated rings. The number of hydrogen-bond donors (Lipinski definition) is 4. The summed E-state index contributed by atoms with van der Waals surface area (Å²) in [5, 5.41) is 12.6. The van der Waals surface area contributed by atoms with E-state index in [1.165, 1.54) is 13.2 Å². The van der Waals surface area contributed by atoms with E-state index in [0.29, 0.717) is 37.4 Å². The number of piperazine rings is 1. The van der Waals surface area contributed by atoms with E-state index in [4.69, 9.17) is 11.1 Å². The number of guanidine groups is 1. The maximum absolute atomic E-state index is 12.2. The van der Waals surface area contributed by atoms with Gasteiger partial charge in [0.2, 0.25) is 5.91 Å². The smallest absolute Gasteiger partial charge is 0.325 e. The molecular weight excluding hydrogens is 352 g/mol. The van der Waals surface area contributed by atoms with Crippen molar-refractivity contribution >= 4 is 29.4 Å². The number of nitrogens with two attached hydrogens (primary N) is 1. The quantitative estimate of drug-likeness (QED) is 0.285. The Morgan fingerprint density at radius 2 is 1.93 bits per heavy atom. The number of carbonyl (C=O) groups is 3. The van der Waals surface area contributed by atoms with Crippen molar-refractivity contribution in [1.82, 2.24) is 15.1 Å². The zero-order valence-electron chi connectivity index (χ0n) is 15.2. The Labute approximate surface area is 157 Å². The first kappa shape index (κ1) is 20.2. The van der Waals surface area contributed by atoms with Crippen LogP contribution in [0.15, 0.2) is 24.3 Å². The average molecular weight is 376 g/mol. The van der Waals surface area contributed by atoms with Crippen molar-refractivity contribution < 1.29 is 19.1 Å². The molecule has 27 heavy (non-hydrogen) atoms. The fourth-order valence-corrected chi connectivity index (χ4v) is 2.62. The molecule has 0 saturated carbocycles. The summed E-state index contributed by atoms with van der Waals surface area (Å²) in [6, 6.07) is 6.46. The van der Waals surface area contributed by atoms with Crippen LogP contribution in [0, 0.1) is 5.41 Å². The summed E-state index contributed by atoms with van der Waals surface area (Å²) in [7, 11) is 1.24. The molecule has 0 aliphatic carbocycles. The van der Waals surface area contributed by atoms with Crippen molar-refractivity contribution in [2.75, 3.05) is 51.7 Å². The van der Waals surface area contributed by atoms with Gasteiger partial charge in [-0.2, -0.15) is 0 Å². The van der Waals surface area contributed by atoms with Gasteiger partial charge in [0.05, 0.1) is 13.7 Å². The summed E-state index contributed by atoms with van der Waals surface area (Å²) in [6.45, 7) is 2.49. The molecule has 5 N–H and O–H groups in total. The van der Waals surface area contributed by atoms with Crippen molar-refractivity contribution in [2.45, 2.75) is 0 Å². The molecule has 10 nitrogen and oxygen atoms in total. The van der Waals surface area contributed by atoms with Crippen LogP contribution < -0.4 is 16.4 Å². The van der Waals surface area contributed by atoms with Gasteiger partial charge in [0.1, 0.15) is 6.54 Å². The molecule has 1 aliphatic rings. The van der Waals surface area contributed by atoms with Gasteiger partial charge in [-0.1, -0.05) is 6.07 Å². The number of nitrogens with one attached hydrogen (secondary N) is 3. The molecule has 0 aromatic heterocycles. The third kappa shape index (κ3) is 6.26. The fraction of sp³-hybridized carbons (Fsp3) is 0.412. The molecule has 1 saturated heterocycles. The van der Waals surface area contributed by atoms with Crippen molar-refractivity contribution in [3.8, 4) is 0 Å². The highest BCUT2D eigenvalue weighted by molar-refractivity contribution is 5.98. The van der Waals surface area contributed by atoms with Gasteiger partial charge in [0.15, 0.2) is 5.96 Å². The summed E-state index contributed by atoms with van der Waals surface area (Å²) < 4.78 is 4.47. The summed E-state index contributed by atoms with van der Waals surface area (Å²) >= 11 is 0. The first-order valence-electron chi connectivity index (χ1n) is 8.45. The van der Waals surface area contributed by atoms with Crippen LogP contribution in [0.2, 0.25) is 0 Å². The van der Waals surface area contributed by atoms with E-state index in [9.17, 15) is 14.4 Å². The number of esters is 1. The van der Waals surface area contributed by atoms with Gasteiger partial charge in [0.25, 0.3) is 5.91 Å². The third-order valence-corrected chi connectivity index (χ3v) is 4.11. The first-order valence-corrected chi connectivity index (χ1v) is 8.45. The highest BCUT2D eigenvalue weighted by atomic mass is 16.5. The van der Waals surface area contributed by atoms with E-state index in [-0.39, 0.29) is 25.0 Å². The molecule has 1 aromatic carbocycles. The highest BCUT2D eigenvalue weighted by Crippen LogP contribution is 2.11. The second-order valence-corrected chi connectivity index (χ2v) is 6.04. The lowest BCUT2D eigenvalue weighted by molar-refractivity contribution is -0.139. The molecule has 1 aliphatic heterocycles. The van der Waals surface area contributed by atoms with Crippen LogP contribution in [0.25, 0.3) is 0 Å². The normalized spacial score (nSPS) is 14.3. The average Bonchev–Trinajstić information content (AvgIpc) is 2.66. The van der Waals surface area contributed by atoms with Gasteiger partial charge < -0.3 is 26.0 Å². The van der Waals surface area contributed by atoms with E-state index in [1.54, 1.807) is 23.1 Å². The Morgan fingerprint density at radius 1 is 1.22 bits per heavy atom. The molecule has 10 heteroatoms. The van der Waals surface area contributed by atoms with Crippen LogP contribution in [0.5, 0.6) is 0 Å². The van der Waals surface area contributed by atoms with E-state index in [1.807, 2.05) is 4.90 Å². The number of anilines is 1. The number of methoxy groups -OCH3 is 1. The Morgan fingerprint density at radius 3 is 2.56 bits per heavy atom. The van der Waals surface area contributed by atoms with Crippen LogP contribution in [-0.2, 0) is 14.3 Å². The summed E-state index contributed by atoms with van der Waals surface area (Å²) in [4.78, 5) is 39.1. The highest BCUT2D eigenvalue weighted by Gasteiger charge is 2.19. The number of hydrogen-bond acceptors (Lipinski definition) is 6. The number of ether oxygens (including phenoxy) is 1. The van der Waals surface area contributed by atoms with Crippen LogP contribution >= 0.6 is 0 Å². The second-order valence-electron chi connectivity index (χ2n) is 6.04. The third-order valence-electron chi connectivity index (χ3n) is 4.11. The molecule has 0 bridgehead atoms. The lowest BCUT2D eigenvalue weighted by Gasteiger charge is -2.34. The molecule has 0 spiro atoms. The molecular formula is C17H24N6O4. The second kappa shape index (κ2) is 9.53. The summed E-state index contributed by atoms with van der Waals surface area (Å²) in [5.74, 6) is -1.13. The van der Waals surface area contributed by atoms with Gasteiger partial charge >= 0.3 is 5.97 Å². The van der Waals surface area contributed by atoms with Gasteiger partial charge in [-0.3, -0.25) is 24.7 Å². The first-order chi connectivity index (χ1) is 12.9. The van der Waals surface area contributed by atoms with Crippen molar-refractivity contribution in [2.24, 2.45) is 5.73 Å². The zero-order valence-corrected chi connectivity index (χ0v) is 15.2. The van der Waals surface area contributed by atoms with Gasteiger partial charge in [0, 0.05) is 37.4 Å². The van der Waals surface area contributed by atoms with Crippen LogP contribution in [-0.4, -0.2) is 79.9 Å². The van der Waals surface area contributed by atoms with Gasteiger partial charge in [-0.15, -0.1) is 0 Å². The Kier molecular flexibility index (Phi) is 7.12. The minimum absolute atomic E-state index is 0.0430. The Balaban J connectivity index is 1.84. The summed E-state index contributed by atoms with van der Waals surface area (Å²) in [5.41, 5.74) is 6.27. The van der Waals surface area contributed by atoms with E-state index >= 15 is 0 Å². The molecule has 1 heterocycles. The van der Waals surface area contributed by atoms with Crippen LogP contribution in [0.3, 0.4) is 0 Å². The molecule has 0 radical (unpaired) electrons. The number of nitrogens with zero attached hydrogens (tertiary/aromatic N) is 2. The molecule has 2 amide bonds. The molecule has 0 atom stereocenters. The number of carbonyl (C=O) groups excluding carboxylic acids is 3. The lowest BCUT2D eigenvalue weighted by Crippen LogP contribution is -2.52.